The number of aliphatic imine (C=N–C) groups is 2. The van der Waals surface area contributed by atoms with E-state index in [1.165, 1.54) is 0 Å². The normalized spacial score (nSPS) is 13.1. The number of phenolic OH excluding ortho intramolecular Hbond substituents is 1. The molecule has 29 heavy (non-hydrogen) atoms. The molecule has 1 unspecified atom stereocenters. The number of phenols is 1. The lowest BCUT2D eigenvalue weighted by atomic mass is 10.1. The minimum atomic E-state index is -2.41. The number of rotatable bonds is 5. The summed E-state index contributed by atoms with van der Waals surface area (Å²) >= 11 is -2.41. The van der Waals surface area contributed by atoms with Gasteiger partial charge in [-0.15, -0.1) is 0 Å². The number of furan rings is 1. The van der Waals surface area contributed by atoms with Crippen molar-refractivity contribution in [3.05, 3.63) is 47.4 Å². The first-order valence-corrected chi connectivity index (χ1v) is 9.69. The number of para-hydroxylation sites is 1. The Morgan fingerprint density at radius 3 is 2.59 bits per heavy atom. The van der Waals surface area contributed by atoms with Crippen LogP contribution in [0.5, 0.6) is 5.75 Å². The maximum Gasteiger partial charge on any atom is 0.280 e. The highest BCUT2D eigenvalue weighted by molar-refractivity contribution is 7.77. The van der Waals surface area contributed by atoms with Crippen LogP contribution in [-0.4, -0.2) is 57.1 Å². The van der Waals surface area contributed by atoms with Crippen molar-refractivity contribution in [2.75, 3.05) is 21.1 Å². The highest BCUT2D eigenvalue weighted by atomic mass is 32.2. The third-order valence-corrected chi connectivity index (χ3v) is 4.18. The van der Waals surface area contributed by atoms with Crippen LogP contribution in [0.15, 0.2) is 44.7 Å². The Kier molecular flexibility index (Phi) is 7.51. The van der Waals surface area contributed by atoms with Gasteiger partial charge in [-0.05, 0) is 31.2 Å². The van der Waals surface area contributed by atoms with Crippen LogP contribution >= 0.6 is 0 Å². The molecule has 11 heteroatoms. The fourth-order valence-corrected chi connectivity index (χ4v) is 2.90. The summed E-state index contributed by atoms with van der Waals surface area (Å²) in [5.74, 6) is 1.59. The zero-order valence-corrected chi connectivity index (χ0v) is 17.4. The molecule has 0 saturated heterocycles. The van der Waals surface area contributed by atoms with Crippen LogP contribution in [0.4, 0.5) is 5.69 Å². The van der Waals surface area contributed by atoms with E-state index in [1.54, 1.807) is 48.9 Å². The fraction of sp³-hybridized carbons (Fsp3) is 0.278. The summed E-state index contributed by atoms with van der Waals surface area (Å²) in [4.78, 5) is 8.35. The second kappa shape index (κ2) is 9.85. The minimum Gasteiger partial charge on any atom is -0.505 e. The molecule has 1 aromatic carbocycles. The Bertz CT molecular complexity index is 992. The van der Waals surface area contributed by atoms with Crippen molar-refractivity contribution in [2.24, 2.45) is 15.7 Å². The Labute approximate surface area is 171 Å². The van der Waals surface area contributed by atoms with Crippen molar-refractivity contribution >= 4 is 34.5 Å². The van der Waals surface area contributed by atoms with Gasteiger partial charge < -0.3 is 15.3 Å². The Hall–Kier alpha value is -3.18. The van der Waals surface area contributed by atoms with E-state index in [2.05, 4.69) is 20.0 Å². The number of benzene rings is 1. The number of aromatic hydroxyl groups is 1. The van der Waals surface area contributed by atoms with E-state index < -0.39 is 11.3 Å². The molecule has 2 rings (SSSR count). The molecule has 0 saturated carbocycles. The van der Waals surface area contributed by atoms with Gasteiger partial charge in [0.1, 0.15) is 22.8 Å². The van der Waals surface area contributed by atoms with Gasteiger partial charge in [0, 0.05) is 0 Å². The van der Waals surface area contributed by atoms with E-state index in [-0.39, 0.29) is 29.7 Å². The Morgan fingerprint density at radius 2 is 2.03 bits per heavy atom. The summed E-state index contributed by atoms with van der Waals surface area (Å²) in [6.45, 7) is 1.89. The van der Waals surface area contributed by atoms with E-state index in [0.717, 1.165) is 5.76 Å². The third-order valence-electron chi connectivity index (χ3n) is 3.81. The molecular formula is C18H25N6O4S+. The van der Waals surface area contributed by atoms with Gasteiger partial charge in [0.25, 0.3) is 17.1 Å². The zero-order chi connectivity index (χ0) is 21.6. The van der Waals surface area contributed by atoms with E-state index in [4.69, 9.17) is 10.2 Å². The molecule has 10 nitrogen and oxygen atoms in total. The molecule has 1 heterocycles. The van der Waals surface area contributed by atoms with Crippen LogP contribution in [0, 0.1) is 6.92 Å². The van der Waals surface area contributed by atoms with Gasteiger partial charge in [-0.25, -0.2) is 9.20 Å². The summed E-state index contributed by atoms with van der Waals surface area (Å²) in [5.41, 5.74) is 6.70. The zero-order valence-electron chi connectivity index (χ0n) is 16.6. The minimum absolute atomic E-state index is 0.0912. The Balaban J connectivity index is 2.41. The molecule has 0 spiro atoms. The molecule has 0 fully saturated rings. The van der Waals surface area contributed by atoms with Crippen molar-refractivity contribution in [3.8, 4) is 5.75 Å². The van der Waals surface area contributed by atoms with Crippen molar-refractivity contribution in [1.82, 2.24) is 10.0 Å². The molecule has 0 radical (unpaired) electrons. The molecule has 2 aromatic rings. The maximum absolute atomic E-state index is 11.2. The SMILES string of the molecule is CNC(c1cccc(N=C(N)C(=NCc2ccc(C)o2)NS(=O)O)c1O)=[N+](C)C. The van der Waals surface area contributed by atoms with Gasteiger partial charge in [-0.3, -0.25) is 24.2 Å². The molecule has 1 atom stereocenters. The predicted octanol–water partition coefficient (Wildman–Crippen LogP) is 0.845. The van der Waals surface area contributed by atoms with E-state index in [0.29, 0.717) is 17.2 Å². The second-order valence-electron chi connectivity index (χ2n) is 6.19. The summed E-state index contributed by atoms with van der Waals surface area (Å²) in [6.07, 6.45) is 0. The fourth-order valence-electron chi connectivity index (χ4n) is 2.57. The number of hydrogen-bond acceptors (Lipinski definition) is 5. The van der Waals surface area contributed by atoms with Crippen LogP contribution in [0.1, 0.15) is 17.1 Å². The first-order chi connectivity index (χ1) is 13.7. The molecule has 0 amide bonds. The smallest absolute Gasteiger partial charge is 0.280 e. The van der Waals surface area contributed by atoms with Gasteiger partial charge in [0.2, 0.25) is 0 Å². The van der Waals surface area contributed by atoms with Gasteiger partial charge in [0.15, 0.2) is 17.4 Å². The average Bonchev–Trinajstić information content (AvgIpc) is 3.06. The number of amidine groups is 3. The van der Waals surface area contributed by atoms with E-state index in [1.807, 2.05) is 14.1 Å². The number of nitrogens with one attached hydrogen (secondary N) is 2. The molecule has 156 valence electrons. The van der Waals surface area contributed by atoms with Crippen LogP contribution in [-0.2, 0) is 17.8 Å². The molecule has 1 aromatic heterocycles. The molecule has 0 aliphatic heterocycles. The lowest BCUT2D eigenvalue weighted by Crippen LogP contribution is -2.37. The van der Waals surface area contributed by atoms with Crippen molar-refractivity contribution in [3.63, 3.8) is 0 Å². The maximum atomic E-state index is 11.2. The first-order valence-electron chi connectivity index (χ1n) is 8.59. The van der Waals surface area contributed by atoms with Crippen LogP contribution < -0.4 is 15.8 Å². The van der Waals surface area contributed by atoms with Crippen molar-refractivity contribution in [2.45, 2.75) is 13.5 Å². The summed E-state index contributed by atoms with van der Waals surface area (Å²) in [7, 11) is 5.40. The van der Waals surface area contributed by atoms with Gasteiger partial charge in [-0.1, -0.05) is 6.07 Å². The quantitative estimate of drug-likeness (QED) is 0.209. The first kappa shape index (κ1) is 22.1. The van der Waals surface area contributed by atoms with Gasteiger partial charge in [-0.2, -0.15) is 0 Å². The highest BCUT2D eigenvalue weighted by Crippen LogP contribution is 2.30. The number of hydrogen-bond donors (Lipinski definition) is 5. The summed E-state index contributed by atoms with van der Waals surface area (Å²) in [6, 6.07) is 8.53. The number of aryl methyl sites for hydroxylation is 1. The number of nitrogens with two attached hydrogens (primary N) is 1. The molecule has 0 bridgehead atoms. The van der Waals surface area contributed by atoms with E-state index >= 15 is 0 Å². The average molecular weight is 422 g/mol. The third kappa shape index (κ3) is 5.90. The molecule has 0 aliphatic rings. The predicted molar refractivity (Wildman–Crippen MR) is 113 cm³/mol. The van der Waals surface area contributed by atoms with Gasteiger partial charge >= 0.3 is 0 Å². The van der Waals surface area contributed by atoms with Crippen molar-refractivity contribution in [1.29, 1.82) is 0 Å². The Morgan fingerprint density at radius 1 is 1.31 bits per heavy atom. The number of nitrogens with zero attached hydrogens (tertiary/aromatic N) is 3. The summed E-state index contributed by atoms with van der Waals surface area (Å²) in [5, 5.41) is 13.6. The lowest BCUT2D eigenvalue weighted by molar-refractivity contribution is -0.466. The topological polar surface area (TPSA) is 148 Å². The monoisotopic (exact) mass is 421 g/mol. The van der Waals surface area contributed by atoms with Crippen molar-refractivity contribution < 1.29 is 22.9 Å². The molecular weight excluding hydrogens is 396 g/mol. The van der Waals surface area contributed by atoms with Crippen LogP contribution in [0.2, 0.25) is 0 Å². The van der Waals surface area contributed by atoms with E-state index in [9.17, 15) is 13.9 Å². The lowest BCUT2D eigenvalue weighted by Gasteiger charge is -2.09. The summed E-state index contributed by atoms with van der Waals surface area (Å²) < 4.78 is 29.9. The van der Waals surface area contributed by atoms with Crippen LogP contribution in [0.3, 0.4) is 0 Å². The van der Waals surface area contributed by atoms with Crippen LogP contribution in [0.25, 0.3) is 0 Å². The second-order valence-corrected chi connectivity index (χ2v) is 6.89. The molecule has 0 aliphatic carbocycles. The van der Waals surface area contributed by atoms with Gasteiger partial charge in [0.05, 0.1) is 27.7 Å². The molecule has 6 N–H and O–H groups in total. The standard InChI is InChI=1S/C18H24N6O4S/c1-11-8-9-12(28-11)10-21-17(23-29(26)27)16(19)22-14-7-5-6-13(15(14)25)18(20-2)24(3)4/h5-9H,10H2,1-4H3,(H5,19,20,21,22,23,25,26,27)/p+1. The largest absolute Gasteiger partial charge is 0.505 e. The highest BCUT2D eigenvalue weighted by Gasteiger charge is 2.18.